The first-order valence-electron chi connectivity index (χ1n) is 16.1. The number of benzene rings is 1. The number of allylic oxidation sites excluding steroid dienone is 1. The number of aliphatic hydroxyl groups excluding tert-OH is 6. The summed E-state index contributed by atoms with van der Waals surface area (Å²) in [5.74, 6) is -2.03. The fourth-order valence-electron chi connectivity index (χ4n) is 9.16. The molecule has 12 heteroatoms. The number of carbonyl (C=O) groups is 1. The van der Waals surface area contributed by atoms with Crippen molar-refractivity contribution in [3.05, 3.63) is 41.0 Å². The molecule has 3 fully saturated rings. The molecule has 262 valence electrons. The summed E-state index contributed by atoms with van der Waals surface area (Å²) in [6.45, 7) is 11.1. The summed E-state index contributed by atoms with van der Waals surface area (Å²) in [7, 11) is 0. The van der Waals surface area contributed by atoms with Gasteiger partial charge in [0.1, 0.15) is 36.3 Å². The molecule has 1 aliphatic heterocycles. The fourth-order valence-corrected chi connectivity index (χ4v) is 9.16. The van der Waals surface area contributed by atoms with E-state index in [1.165, 1.54) is 39.0 Å². The zero-order valence-corrected chi connectivity index (χ0v) is 28.0. The molecule has 9 N–H and O–H groups in total. The normalized spacial score (nSPS) is 42.1. The molecule has 0 radical (unpaired) electrons. The van der Waals surface area contributed by atoms with E-state index in [0.717, 1.165) is 0 Å². The van der Waals surface area contributed by atoms with Crippen LogP contribution in [-0.4, -0.2) is 112 Å². The minimum absolute atomic E-state index is 0.0492. The van der Waals surface area contributed by atoms with Crippen LogP contribution >= 0.6 is 0 Å². The third-order valence-corrected chi connectivity index (χ3v) is 12.0. The largest absolute Gasteiger partial charge is 0.504 e. The molecule has 0 unspecified atom stereocenters. The van der Waals surface area contributed by atoms with E-state index in [4.69, 9.17) is 9.47 Å². The summed E-state index contributed by atoms with van der Waals surface area (Å²) in [6.07, 6.45) is -3.77. The number of aliphatic hydroxyl groups is 8. The highest BCUT2D eigenvalue weighted by Gasteiger charge is 2.72. The number of ketones is 1. The first kappa shape index (κ1) is 35.9. The first-order valence-corrected chi connectivity index (χ1v) is 16.1. The smallest absolute Gasteiger partial charge is 0.229 e. The maximum Gasteiger partial charge on any atom is 0.229 e. The molecule has 3 aliphatic carbocycles. The van der Waals surface area contributed by atoms with Crippen molar-refractivity contribution in [1.29, 1.82) is 0 Å². The number of ether oxygens (including phenoxy) is 2. The number of fused-ring (bicyclic) bond motifs is 5. The molecule has 5 rings (SSSR count). The SMILES string of the molecule is Cc1c(O)c(O[C@@H]2O[C@H](CO)[C@@H](O)[C@H](O)[C@H]2O)cc2c1C=C[C@@H]1[C@@]2(C)C(=O)C[C@]2(C)[C@@H]([C@@](C)(O)[C@@H](O)C=CC(C)(C)O)[C@H](O)C[C@@]12C. The zero-order valence-electron chi connectivity index (χ0n) is 28.0. The number of Topliss-reactive ketones (excluding diaryl/α,β-unsaturated/α-hetero) is 1. The minimum atomic E-state index is -1.87. The second-order valence-electron chi connectivity index (χ2n) is 15.5. The fraction of sp³-hybridized carbons (Fsp3) is 0.686. The Bertz CT molecular complexity index is 1460. The average Bonchev–Trinajstić information content (AvgIpc) is 3.19. The number of phenols is 1. The lowest BCUT2D eigenvalue weighted by molar-refractivity contribution is -0.277. The van der Waals surface area contributed by atoms with Crippen molar-refractivity contribution in [2.24, 2.45) is 22.7 Å². The van der Waals surface area contributed by atoms with Crippen molar-refractivity contribution in [3.8, 4) is 11.5 Å². The Morgan fingerprint density at radius 3 is 2.30 bits per heavy atom. The van der Waals surface area contributed by atoms with E-state index in [9.17, 15) is 50.8 Å². The van der Waals surface area contributed by atoms with Gasteiger partial charge in [0, 0.05) is 17.9 Å². The van der Waals surface area contributed by atoms with E-state index in [-0.39, 0.29) is 30.1 Å². The highest BCUT2D eigenvalue weighted by Crippen LogP contribution is 2.71. The Labute approximate surface area is 274 Å². The van der Waals surface area contributed by atoms with Crippen LogP contribution in [0.1, 0.15) is 71.1 Å². The molecule has 4 aliphatic rings. The predicted octanol–water partition coefficient (Wildman–Crippen LogP) is 0.585. The summed E-state index contributed by atoms with van der Waals surface area (Å²) in [5, 5.41) is 96.5. The van der Waals surface area contributed by atoms with Crippen molar-refractivity contribution in [1.82, 2.24) is 0 Å². The van der Waals surface area contributed by atoms with Crippen LogP contribution in [0.2, 0.25) is 0 Å². The molecule has 1 heterocycles. The molecule has 1 saturated heterocycles. The molecule has 47 heavy (non-hydrogen) atoms. The number of hydrogen-bond acceptors (Lipinski definition) is 12. The van der Waals surface area contributed by atoms with Gasteiger partial charge in [-0.25, -0.2) is 0 Å². The van der Waals surface area contributed by atoms with Crippen molar-refractivity contribution in [2.75, 3.05) is 6.61 Å². The number of rotatable bonds is 7. The maximum absolute atomic E-state index is 14.6. The number of hydrogen-bond donors (Lipinski definition) is 9. The number of aromatic hydroxyl groups is 1. The van der Waals surface area contributed by atoms with Gasteiger partial charge in [-0.05, 0) is 75.0 Å². The summed E-state index contributed by atoms with van der Waals surface area (Å²) in [6, 6.07) is 1.50. The lowest BCUT2D eigenvalue weighted by Crippen LogP contribution is -2.63. The van der Waals surface area contributed by atoms with Gasteiger partial charge >= 0.3 is 0 Å². The summed E-state index contributed by atoms with van der Waals surface area (Å²) >= 11 is 0. The Kier molecular flexibility index (Phi) is 8.86. The minimum Gasteiger partial charge on any atom is -0.504 e. The van der Waals surface area contributed by atoms with Gasteiger partial charge in [0.25, 0.3) is 0 Å². The predicted molar refractivity (Wildman–Crippen MR) is 169 cm³/mol. The topological polar surface area (TPSA) is 218 Å². The number of phenolic OH excluding ortho intramolecular Hbond substituents is 1. The molecular weight excluding hydrogens is 612 g/mol. The molecule has 12 nitrogen and oxygen atoms in total. The van der Waals surface area contributed by atoms with Gasteiger partial charge in [-0.2, -0.15) is 0 Å². The summed E-state index contributed by atoms with van der Waals surface area (Å²) in [5.41, 5.74) is -4.55. The summed E-state index contributed by atoms with van der Waals surface area (Å²) in [4.78, 5) is 14.6. The van der Waals surface area contributed by atoms with E-state index < -0.39 is 88.8 Å². The van der Waals surface area contributed by atoms with Crippen LogP contribution in [0, 0.1) is 29.6 Å². The van der Waals surface area contributed by atoms with Crippen LogP contribution in [0.5, 0.6) is 11.5 Å². The van der Waals surface area contributed by atoms with Crippen LogP contribution in [0.4, 0.5) is 0 Å². The molecule has 13 atom stereocenters. The molecule has 2 saturated carbocycles. The second kappa shape index (κ2) is 11.6. The molecule has 1 aromatic rings. The maximum atomic E-state index is 14.6. The Morgan fingerprint density at radius 2 is 1.70 bits per heavy atom. The highest BCUT2D eigenvalue weighted by molar-refractivity contribution is 5.95. The van der Waals surface area contributed by atoms with Crippen molar-refractivity contribution < 1.29 is 60.2 Å². The van der Waals surface area contributed by atoms with Crippen LogP contribution in [0.3, 0.4) is 0 Å². The van der Waals surface area contributed by atoms with Crippen molar-refractivity contribution in [2.45, 2.75) is 121 Å². The second-order valence-corrected chi connectivity index (χ2v) is 15.5. The Hall–Kier alpha value is -2.39. The Morgan fingerprint density at radius 1 is 1.06 bits per heavy atom. The Balaban J connectivity index is 1.56. The van der Waals surface area contributed by atoms with E-state index in [2.05, 4.69) is 0 Å². The quantitative estimate of drug-likeness (QED) is 0.183. The van der Waals surface area contributed by atoms with Gasteiger partial charge in [0.2, 0.25) is 6.29 Å². The van der Waals surface area contributed by atoms with Gasteiger partial charge in [-0.15, -0.1) is 0 Å². The highest BCUT2D eigenvalue weighted by atomic mass is 16.7. The molecular formula is C35H50O12. The lowest BCUT2D eigenvalue weighted by atomic mass is 9.42. The van der Waals surface area contributed by atoms with Gasteiger partial charge in [0.15, 0.2) is 11.5 Å². The molecule has 0 spiro atoms. The molecule has 0 aromatic heterocycles. The van der Waals surface area contributed by atoms with Crippen LogP contribution < -0.4 is 4.74 Å². The standard InChI is InChI=1S/C35H50O12/c1-16-17-8-9-22-32(4)13-19(37)29(35(7,45)23(38)10-11-31(2,3)44)33(32,5)14-24(39)34(22,6)18(17)12-20(25(16)40)46-30-28(43)27(42)26(41)21(15-36)47-30/h8-12,19,21-23,26-30,36-38,40-45H,13-15H2,1-7H3/t19-,21-,22+,23+,26-,27+,28-,29+,30-,32+,33-,34+,35+/m1/s1. The van der Waals surface area contributed by atoms with Gasteiger partial charge in [-0.1, -0.05) is 38.2 Å². The number of carbonyl (C=O) groups excluding carboxylic acids is 1. The van der Waals surface area contributed by atoms with Crippen molar-refractivity contribution >= 4 is 11.9 Å². The van der Waals surface area contributed by atoms with E-state index in [1.807, 2.05) is 26.0 Å². The van der Waals surface area contributed by atoms with Gasteiger partial charge < -0.3 is 55.4 Å². The van der Waals surface area contributed by atoms with Crippen LogP contribution in [0.15, 0.2) is 24.3 Å². The van der Waals surface area contributed by atoms with Crippen molar-refractivity contribution in [3.63, 3.8) is 0 Å². The van der Waals surface area contributed by atoms with Crippen LogP contribution in [0.25, 0.3) is 6.08 Å². The average molecular weight is 663 g/mol. The first-order chi connectivity index (χ1) is 21.6. The molecule has 0 amide bonds. The third kappa shape index (κ3) is 5.28. The zero-order chi connectivity index (χ0) is 35.2. The van der Waals surface area contributed by atoms with Gasteiger partial charge in [-0.3, -0.25) is 4.79 Å². The van der Waals surface area contributed by atoms with Crippen LogP contribution in [-0.2, 0) is 14.9 Å². The third-order valence-electron chi connectivity index (χ3n) is 12.0. The lowest BCUT2D eigenvalue weighted by Gasteiger charge is -2.60. The van der Waals surface area contributed by atoms with E-state index in [0.29, 0.717) is 16.7 Å². The monoisotopic (exact) mass is 662 g/mol. The molecule has 1 aromatic carbocycles. The summed E-state index contributed by atoms with van der Waals surface area (Å²) < 4.78 is 11.4. The van der Waals surface area contributed by atoms with E-state index in [1.54, 1.807) is 13.8 Å². The van der Waals surface area contributed by atoms with E-state index >= 15 is 0 Å². The molecule has 0 bridgehead atoms. The van der Waals surface area contributed by atoms with Gasteiger partial charge in [0.05, 0.1) is 29.3 Å².